The van der Waals surface area contributed by atoms with Crippen LogP contribution in [0, 0.1) is 0 Å². The molecule has 1 atom stereocenters. The van der Waals surface area contributed by atoms with Crippen LogP contribution in [0.25, 0.3) is 0 Å². The Kier molecular flexibility index (Phi) is 11.3. The second kappa shape index (κ2) is 13.9. The fraction of sp³-hybridized carbons (Fsp3) is 0.364. The normalized spacial score (nSPS) is 11.7. The molecule has 0 spiro atoms. The molecule has 2 rings (SSSR count). The number of rotatable bonds is 14. The first kappa shape index (κ1) is 25.9. The van der Waals surface area contributed by atoms with Crippen LogP contribution in [0.2, 0.25) is 10.0 Å². The largest absolute Gasteiger partial charge is 0.481 e. The highest BCUT2D eigenvalue weighted by atomic mass is 35.5. The lowest BCUT2D eigenvalue weighted by Crippen LogP contribution is -2.32. The Morgan fingerprint density at radius 1 is 1.00 bits per heavy atom. The molecule has 0 aliphatic rings. The highest BCUT2D eigenvalue weighted by Gasteiger charge is 2.12. The van der Waals surface area contributed by atoms with Crippen molar-refractivity contribution in [3.8, 4) is 0 Å². The Morgan fingerprint density at radius 3 is 2.44 bits per heavy atom. The average molecular weight is 485 g/mol. The Hall–Kier alpha value is -2.36. The number of carbonyl (C=O) groups excluding carboxylic acids is 1. The molecule has 0 saturated carbocycles. The minimum atomic E-state index is -0.963. The second-order valence-electron chi connectivity index (χ2n) is 6.79. The van der Waals surface area contributed by atoms with E-state index in [-0.39, 0.29) is 39.1 Å². The lowest BCUT2D eigenvalue weighted by Gasteiger charge is -2.14. The van der Waals surface area contributed by atoms with Crippen LogP contribution in [0.4, 0.5) is 11.4 Å². The van der Waals surface area contributed by atoms with Crippen molar-refractivity contribution in [2.75, 3.05) is 31.7 Å². The number of esters is 1. The van der Waals surface area contributed by atoms with Gasteiger partial charge >= 0.3 is 11.9 Å². The molecule has 0 aliphatic heterocycles. The van der Waals surface area contributed by atoms with Crippen LogP contribution in [-0.4, -0.2) is 54.7 Å². The van der Waals surface area contributed by atoms with Crippen LogP contribution in [0.15, 0.2) is 42.5 Å². The van der Waals surface area contributed by atoms with Gasteiger partial charge in [0.05, 0.1) is 35.4 Å². The molecule has 0 fully saturated rings. The minimum absolute atomic E-state index is 0.0581. The van der Waals surface area contributed by atoms with E-state index in [9.17, 15) is 14.7 Å². The van der Waals surface area contributed by atoms with Crippen LogP contribution in [-0.2, 0) is 25.5 Å². The summed E-state index contributed by atoms with van der Waals surface area (Å²) in [5.74, 6) is -1.37. The van der Waals surface area contributed by atoms with E-state index < -0.39 is 18.2 Å². The Bertz CT molecular complexity index is 876. The number of carbonyl (C=O) groups is 2. The fourth-order valence-corrected chi connectivity index (χ4v) is 3.22. The van der Waals surface area contributed by atoms with Gasteiger partial charge in [-0.1, -0.05) is 47.5 Å². The Labute approximate surface area is 196 Å². The number of aliphatic carboxylic acids is 1. The number of carboxylic acids is 1. The summed E-state index contributed by atoms with van der Waals surface area (Å²) in [7, 11) is 0. The van der Waals surface area contributed by atoms with Gasteiger partial charge in [0.1, 0.15) is 12.8 Å². The predicted octanol–water partition coefficient (Wildman–Crippen LogP) is 3.61. The van der Waals surface area contributed by atoms with E-state index in [0.29, 0.717) is 28.0 Å². The van der Waals surface area contributed by atoms with Crippen molar-refractivity contribution < 1.29 is 29.3 Å². The third-order valence-electron chi connectivity index (χ3n) is 4.32. The van der Waals surface area contributed by atoms with Gasteiger partial charge in [0, 0.05) is 18.7 Å². The quantitative estimate of drug-likeness (QED) is 0.182. The molecule has 174 valence electrons. The van der Waals surface area contributed by atoms with Gasteiger partial charge in [-0.2, -0.15) is 0 Å². The molecule has 32 heavy (non-hydrogen) atoms. The van der Waals surface area contributed by atoms with E-state index in [1.807, 2.05) is 24.3 Å². The van der Waals surface area contributed by atoms with Crippen LogP contribution in [0.5, 0.6) is 0 Å². The van der Waals surface area contributed by atoms with Gasteiger partial charge in [-0.15, -0.1) is 0 Å². The molecule has 2 aromatic carbocycles. The van der Waals surface area contributed by atoms with Crippen molar-refractivity contribution in [2.24, 2.45) is 0 Å². The molecule has 4 N–H and O–H groups in total. The van der Waals surface area contributed by atoms with Crippen molar-refractivity contribution in [1.29, 1.82) is 0 Å². The van der Waals surface area contributed by atoms with Crippen molar-refractivity contribution in [2.45, 2.75) is 25.5 Å². The third kappa shape index (κ3) is 9.42. The smallest absolute Gasteiger partial charge is 0.310 e. The van der Waals surface area contributed by atoms with Gasteiger partial charge in [0.15, 0.2) is 0 Å². The Balaban J connectivity index is 1.70. The lowest BCUT2D eigenvalue weighted by atomic mass is 10.1. The number of para-hydroxylation sites is 2. The minimum Gasteiger partial charge on any atom is -0.481 e. The molecule has 8 nitrogen and oxygen atoms in total. The van der Waals surface area contributed by atoms with Gasteiger partial charge < -0.3 is 25.0 Å². The van der Waals surface area contributed by atoms with Crippen LogP contribution in [0.3, 0.4) is 0 Å². The summed E-state index contributed by atoms with van der Waals surface area (Å²) in [4.78, 5) is 22.6. The maximum absolute atomic E-state index is 12.2. The summed E-state index contributed by atoms with van der Waals surface area (Å²) in [5.41, 5.74) is 1.99. The summed E-state index contributed by atoms with van der Waals surface area (Å²) in [5, 5.41) is 24.9. The number of hydrogen-bond acceptors (Lipinski definition) is 7. The zero-order valence-corrected chi connectivity index (χ0v) is 18.9. The maximum Gasteiger partial charge on any atom is 0.310 e. The van der Waals surface area contributed by atoms with Gasteiger partial charge in [-0.3, -0.25) is 14.9 Å². The number of ether oxygens (including phenoxy) is 2. The summed E-state index contributed by atoms with van der Waals surface area (Å²) in [6, 6.07) is 12.5. The molecule has 0 radical (unpaired) electrons. The van der Waals surface area contributed by atoms with Crippen LogP contribution < -0.4 is 10.6 Å². The van der Waals surface area contributed by atoms with Crippen molar-refractivity contribution in [3.05, 3.63) is 58.1 Å². The number of halogens is 2. The number of nitrogens with one attached hydrogen (secondary N) is 2. The molecule has 0 bridgehead atoms. The predicted molar refractivity (Wildman–Crippen MR) is 123 cm³/mol. The molecule has 0 aliphatic carbocycles. The summed E-state index contributed by atoms with van der Waals surface area (Å²) in [6.45, 7) is 0.922. The van der Waals surface area contributed by atoms with Crippen molar-refractivity contribution in [1.82, 2.24) is 5.32 Å². The molecule has 10 heteroatoms. The van der Waals surface area contributed by atoms with Crippen LogP contribution in [0.1, 0.15) is 18.4 Å². The molecule has 1 unspecified atom stereocenters. The summed E-state index contributed by atoms with van der Waals surface area (Å²) < 4.78 is 10.5. The first-order valence-electron chi connectivity index (χ1n) is 10.0. The van der Waals surface area contributed by atoms with Gasteiger partial charge in [-0.05, 0) is 30.2 Å². The topological polar surface area (TPSA) is 117 Å². The second-order valence-corrected chi connectivity index (χ2v) is 7.61. The molecular weight excluding hydrogens is 459 g/mol. The molecule has 0 amide bonds. The fourth-order valence-electron chi connectivity index (χ4n) is 2.73. The first-order valence-corrected chi connectivity index (χ1v) is 10.8. The third-order valence-corrected chi connectivity index (χ3v) is 4.95. The number of hydrogen-bond donors (Lipinski definition) is 4. The van der Waals surface area contributed by atoms with Crippen molar-refractivity contribution >= 4 is 46.5 Å². The van der Waals surface area contributed by atoms with Crippen LogP contribution >= 0.6 is 23.2 Å². The first-order chi connectivity index (χ1) is 15.4. The van der Waals surface area contributed by atoms with E-state index in [1.54, 1.807) is 18.2 Å². The van der Waals surface area contributed by atoms with E-state index >= 15 is 0 Å². The van der Waals surface area contributed by atoms with E-state index in [1.165, 1.54) is 0 Å². The molecular formula is C22H26Cl2N2O6. The number of anilines is 2. The average Bonchev–Trinajstić information content (AvgIpc) is 2.75. The molecule has 0 saturated heterocycles. The van der Waals surface area contributed by atoms with E-state index in [4.69, 9.17) is 37.8 Å². The van der Waals surface area contributed by atoms with E-state index in [0.717, 1.165) is 5.56 Å². The number of benzene rings is 2. The van der Waals surface area contributed by atoms with Crippen molar-refractivity contribution in [3.63, 3.8) is 0 Å². The zero-order chi connectivity index (χ0) is 23.3. The summed E-state index contributed by atoms with van der Waals surface area (Å²) >= 11 is 12.4. The number of carboxylic acid groups (broad SMARTS) is 1. The monoisotopic (exact) mass is 484 g/mol. The SMILES string of the molecule is O=C(O)CCC(O)NCCOCCOC(=O)Cc1ccccc1Nc1c(Cl)cccc1Cl. The van der Waals surface area contributed by atoms with Gasteiger partial charge in [-0.25, -0.2) is 0 Å². The molecule has 2 aromatic rings. The zero-order valence-electron chi connectivity index (χ0n) is 17.4. The number of aliphatic hydroxyl groups is 1. The number of aliphatic hydroxyl groups excluding tert-OH is 1. The van der Waals surface area contributed by atoms with Gasteiger partial charge in [0.2, 0.25) is 0 Å². The highest BCUT2D eigenvalue weighted by Crippen LogP contribution is 2.33. The Morgan fingerprint density at radius 2 is 1.72 bits per heavy atom. The highest BCUT2D eigenvalue weighted by molar-refractivity contribution is 6.39. The van der Waals surface area contributed by atoms with Gasteiger partial charge in [0.25, 0.3) is 0 Å². The molecule has 0 aromatic heterocycles. The standard InChI is InChI=1S/C22H26Cl2N2O6/c23-16-5-3-6-17(24)22(16)26-18-7-2-1-4-15(18)14-21(30)32-13-12-31-11-10-25-19(27)8-9-20(28)29/h1-7,19,25-27H,8-14H2,(H,28,29). The lowest BCUT2D eigenvalue weighted by molar-refractivity contribution is -0.144. The molecule has 0 heterocycles. The maximum atomic E-state index is 12.2. The van der Waals surface area contributed by atoms with E-state index in [2.05, 4.69) is 10.6 Å². The summed E-state index contributed by atoms with van der Waals surface area (Å²) in [6.07, 6.45) is -0.842.